The minimum absolute atomic E-state index is 0.00745. The molecule has 0 aliphatic heterocycles. The molecule has 0 radical (unpaired) electrons. The Morgan fingerprint density at radius 1 is 1.41 bits per heavy atom. The van der Waals surface area contributed by atoms with Crippen LogP contribution >= 0.6 is 12.6 Å². The number of benzene rings is 1. The Balaban J connectivity index is 1.51. The minimum atomic E-state index is -2.99. The van der Waals surface area contributed by atoms with E-state index in [2.05, 4.69) is 32.9 Å². The van der Waals surface area contributed by atoms with Gasteiger partial charge in [-0.05, 0) is 50.8 Å². The third kappa shape index (κ3) is 4.10. The highest BCUT2D eigenvalue weighted by Crippen LogP contribution is 2.38. The van der Waals surface area contributed by atoms with Crippen LogP contribution in [0.15, 0.2) is 18.2 Å². The summed E-state index contributed by atoms with van der Waals surface area (Å²) in [6.45, 7) is -0.965. The summed E-state index contributed by atoms with van der Waals surface area (Å²) in [5, 5.41) is 10.6. The fourth-order valence-corrected chi connectivity index (χ4v) is 5.10. The Hall–Kier alpha value is -2.16. The molecule has 1 aromatic heterocycles. The maximum absolute atomic E-state index is 14.3. The Bertz CT molecular complexity index is 928. The van der Waals surface area contributed by atoms with Crippen molar-refractivity contribution in [1.29, 1.82) is 0 Å². The molecule has 1 atom stereocenters. The highest BCUT2D eigenvalue weighted by atomic mass is 32.1. The molecule has 5 nitrogen and oxygen atoms in total. The smallest absolute Gasteiger partial charge is 0.387 e. The van der Waals surface area contributed by atoms with Crippen molar-refractivity contribution in [3.63, 3.8) is 0 Å². The van der Waals surface area contributed by atoms with Crippen molar-refractivity contribution < 1.29 is 22.7 Å². The Morgan fingerprint density at radius 2 is 2.17 bits per heavy atom. The SMILES string of the molecule is CC1(NC(=O)C2CCc3c(-c4cc(OC(F)F)ccc4F)n[nH]c3C2)CC(S)C1. The van der Waals surface area contributed by atoms with E-state index in [1.54, 1.807) is 0 Å². The number of rotatable bonds is 5. The number of aromatic amines is 1. The molecule has 0 saturated heterocycles. The second kappa shape index (κ2) is 7.59. The van der Waals surface area contributed by atoms with E-state index in [4.69, 9.17) is 0 Å². The number of H-pyrrole nitrogens is 1. The number of aromatic nitrogens is 2. The fourth-order valence-electron chi connectivity index (χ4n) is 4.30. The Labute approximate surface area is 171 Å². The largest absolute Gasteiger partial charge is 0.435 e. The summed E-state index contributed by atoms with van der Waals surface area (Å²) in [6.07, 6.45) is 3.34. The first kappa shape index (κ1) is 20.1. The first-order valence-corrected chi connectivity index (χ1v) is 10.1. The third-order valence-corrected chi connectivity index (χ3v) is 6.10. The molecule has 29 heavy (non-hydrogen) atoms. The van der Waals surface area contributed by atoms with E-state index < -0.39 is 12.4 Å². The van der Waals surface area contributed by atoms with Gasteiger partial charge in [0, 0.05) is 39.9 Å². The molecule has 2 aliphatic carbocycles. The van der Waals surface area contributed by atoms with Crippen molar-refractivity contribution in [2.45, 2.75) is 56.4 Å². The van der Waals surface area contributed by atoms with Gasteiger partial charge in [-0.15, -0.1) is 0 Å². The molecule has 1 amide bonds. The van der Waals surface area contributed by atoms with E-state index in [9.17, 15) is 18.0 Å². The standard InChI is InChI=1S/C20H22F3N3O2S/c1-20(8-12(29)9-20)24-18(27)10-2-4-13-16(6-10)25-26-17(13)14-7-11(28-19(22)23)3-5-15(14)21/h3,5,7,10,12,19,29H,2,4,6,8-9H2,1H3,(H,24,27)(H,25,26). The lowest BCUT2D eigenvalue weighted by Crippen LogP contribution is -2.57. The van der Waals surface area contributed by atoms with Gasteiger partial charge in [-0.2, -0.15) is 26.5 Å². The predicted molar refractivity (Wildman–Crippen MR) is 105 cm³/mol. The van der Waals surface area contributed by atoms with Crippen molar-refractivity contribution in [3.8, 4) is 17.0 Å². The molecule has 9 heteroatoms. The lowest BCUT2D eigenvalue weighted by atomic mass is 9.77. The zero-order chi connectivity index (χ0) is 20.8. The lowest BCUT2D eigenvalue weighted by molar-refractivity contribution is -0.128. The van der Waals surface area contributed by atoms with Crippen LogP contribution in [0.5, 0.6) is 5.75 Å². The molecular weight excluding hydrogens is 403 g/mol. The van der Waals surface area contributed by atoms with Gasteiger partial charge < -0.3 is 10.1 Å². The summed E-state index contributed by atoms with van der Waals surface area (Å²) in [7, 11) is 0. The maximum Gasteiger partial charge on any atom is 0.387 e. The third-order valence-electron chi connectivity index (χ3n) is 5.73. The van der Waals surface area contributed by atoms with Crippen molar-refractivity contribution in [2.75, 3.05) is 0 Å². The molecule has 2 aromatic rings. The monoisotopic (exact) mass is 425 g/mol. The van der Waals surface area contributed by atoms with Crippen LogP contribution in [0.1, 0.15) is 37.4 Å². The topological polar surface area (TPSA) is 67.0 Å². The molecule has 4 rings (SSSR count). The number of fused-ring (bicyclic) bond motifs is 1. The van der Waals surface area contributed by atoms with Gasteiger partial charge >= 0.3 is 6.61 Å². The van der Waals surface area contributed by atoms with E-state index >= 15 is 0 Å². The van der Waals surface area contributed by atoms with E-state index in [0.29, 0.717) is 30.2 Å². The number of thiol groups is 1. The first-order valence-electron chi connectivity index (χ1n) is 9.55. The summed E-state index contributed by atoms with van der Waals surface area (Å²) in [5.74, 6) is -0.879. The molecule has 1 unspecified atom stereocenters. The number of alkyl halides is 2. The molecular formula is C20H22F3N3O2S. The summed E-state index contributed by atoms with van der Waals surface area (Å²) >= 11 is 4.41. The Morgan fingerprint density at radius 3 is 2.86 bits per heavy atom. The van der Waals surface area contributed by atoms with E-state index in [-0.39, 0.29) is 28.7 Å². The number of halogens is 3. The highest BCUT2D eigenvalue weighted by molar-refractivity contribution is 7.81. The van der Waals surface area contributed by atoms with Crippen LogP contribution in [0.2, 0.25) is 0 Å². The average Bonchev–Trinajstić information content (AvgIpc) is 3.04. The number of nitrogens with zero attached hydrogens (tertiary/aromatic N) is 1. The average molecular weight is 425 g/mol. The summed E-state index contributed by atoms with van der Waals surface area (Å²) < 4.78 is 43.7. The number of carbonyl (C=O) groups is 1. The molecule has 1 fully saturated rings. The molecule has 1 aromatic carbocycles. The molecule has 156 valence electrons. The van der Waals surface area contributed by atoms with Crippen LogP contribution in [0, 0.1) is 11.7 Å². The second-order valence-electron chi connectivity index (χ2n) is 8.10. The Kier molecular flexibility index (Phi) is 5.27. The van der Waals surface area contributed by atoms with Crippen LogP contribution < -0.4 is 10.1 Å². The number of carbonyl (C=O) groups excluding carboxylic acids is 1. The maximum atomic E-state index is 14.3. The molecule has 2 N–H and O–H groups in total. The van der Waals surface area contributed by atoms with Crippen LogP contribution in [0.3, 0.4) is 0 Å². The van der Waals surface area contributed by atoms with Crippen LogP contribution in [-0.4, -0.2) is 33.5 Å². The van der Waals surface area contributed by atoms with Crippen molar-refractivity contribution >= 4 is 18.5 Å². The van der Waals surface area contributed by atoms with E-state index in [1.165, 1.54) is 6.07 Å². The number of ether oxygens (including phenoxy) is 1. The number of amides is 1. The zero-order valence-corrected chi connectivity index (χ0v) is 16.7. The van der Waals surface area contributed by atoms with Gasteiger partial charge in [0.1, 0.15) is 11.6 Å². The van der Waals surface area contributed by atoms with Gasteiger partial charge in [-0.3, -0.25) is 9.89 Å². The van der Waals surface area contributed by atoms with Gasteiger partial charge in [-0.1, -0.05) is 0 Å². The van der Waals surface area contributed by atoms with Crippen LogP contribution in [-0.2, 0) is 17.6 Å². The molecule has 1 heterocycles. The van der Waals surface area contributed by atoms with Gasteiger partial charge in [0.15, 0.2) is 0 Å². The van der Waals surface area contributed by atoms with Gasteiger partial charge in [0.05, 0.1) is 5.69 Å². The quantitative estimate of drug-likeness (QED) is 0.637. The van der Waals surface area contributed by atoms with E-state index in [0.717, 1.165) is 36.2 Å². The van der Waals surface area contributed by atoms with E-state index in [1.807, 2.05) is 6.92 Å². The highest BCUT2D eigenvalue weighted by Gasteiger charge is 2.41. The van der Waals surface area contributed by atoms with Crippen LogP contribution in [0.4, 0.5) is 13.2 Å². The van der Waals surface area contributed by atoms with Gasteiger partial charge in [-0.25, -0.2) is 4.39 Å². The second-order valence-corrected chi connectivity index (χ2v) is 8.83. The normalized spacial score (nSPS) is 26.0. The number of hydrogen-bond acceptors (Lipinski definition) is 4. The number of hydrogen-bond donors (Lipinski definition) is 3. The van der Waals surface area contributed by atoms with Gasteiger partial charge in [0.2, 0.25) is 5.91 Å². The zero-order valence-electron chi connectivity index (χ0n) is 15.8. The number of nitrogens with one attached hydrogen (secondary N) is 2. The molecule has 2 aliphatic rings. The lowest BCUT2D eigenvalue weighted by Gasteiger charge is -2.44. The fraction of sp³-hybridized carbons (Fsp3) is 0.500. The molecule has 1 saturated carbocycles. The van der Waals surface area contributed by atoms with Gasteiger partial charge in [0.25, 0.3) is 0 Å². The minimum Gasteiger partial charge on any atom is -0.435 e. The van der Waals surface area contributed by atoms with Crippen molar-refractivity contribution in [1.82, 2.24) is 15.5 Å². The predicted octanol–water partition coefficient (Wildman–Crippen LogP) is 3.89. The summed E-state index contributed by atoms with van der Waals surface area (Å²) in [6, 6.07) is 3.46. The molecule has 0 bridgehead atoms. The molecule has 0 spiro atoms. The van der Waals surface area contributed by atoms with Crippen molar-refractivity contribution in [2.24, 2.45) is 5.92 Å². The van der Waals surface area contributed by atoms with Crippen molar-refractivity contribution in [3.05, 3.63) is 35.3 Å². The summed E-state index contributed by atoms with van der Waals surface area (Å²) in [5.41, 5.74) is 1.87. The summed E-state index contributed by atoms with van der Waals surface area (Å²) in [4.78, 5) is 12.7. The van der Waals surface area contributed by atoms with Crippen LogP contribution in [0.25, 0.3) is 11.3 Å². The first-order chi connectivity index (χ1) is 13.7.